The molecule has 0 heterocycles. The van der Waals surface area contributed by atoms with Gasteiger partial charge < -0.3 is 5.11 Å². The number of hydrogen-bond acceptors (Lipinski definition) is 3. The van der Waals surface area contributed by atoms with Crippen LogP contribution in [0.2, 0.25) is 0 Å². The van der Waals surface area contributed by atoms with Gasteiger partial charge in [-0.25, -0.2) is 0 Å². The van der Waals surface area contributed by atoms with E-state index in [0.29, 0.717) is 12.5 Å². The quantitative estimate of drug-likeness (QED) is 0.540. The van der Waals surface area contributed by atoms with Crippen molar-refractivity contribution in [1.29, 1.82) is 0 Å². The smallest absolute Gasteiger partial charge is 0.311 e. The first-order valence-corrected chi connectivity index (χ1v) is 5.18. The van der Waals surface area contributed by atoms with Crippen LogP contribution in [0.1, 0.15) is 27.7 Å². The first kappa shape index (κ1) is 12.0. The normalized spacial score (nSPS) is 25.7. The zero-order valence-electron chi connectivity index (χ0n) is 9.70. The molecule has 1 aliphatic rings. The molecule has 0 bridgehead atoms. The van der Waals surface area contributed by atoms with Crippen molar-refractivity contribution < 1.29 is 14.7 Å². The summed E-state index contributed by atoms with van der Waals surface area (Å²) in [4.78, 5) is 16.0. The summed E-state index contributed by atoms with van der Waals surface area (Å²) >= 11 is 0. The van der Waals surface area contributed by atoms with Crippen LogP contribution < -0.4 is 5.48 Å². The molecule has 0 spiro atoms. The molecule has 1 aliphatic carbocycles. The van der Waals surface area contributed by atoms with Gasteiger partial charge in [-0.3, -0.25) is 15.1 Å². The third-order valence-electron chi connectivity index (χ3n) is 2.65. The summed E-state index contributed by atoms with van der Waals surface area (Å²) < 4.78 is 0. The van der Waals surface area contributed by atoms with Gasteiger partial charge in [0, 0.05) is 11.6 Å². The lowest BCUT2D eigenvalue weighted by atomic mass is 10.1. The van der Waals surface area contributed by atoms with Crippen molar-refractivity contribution in [2.45, 2.75) is 27.7 Å². The monoisotopic (exact) mass is 213 g/mol. The summed E-state index contributed by atoms with van der Waals surface area (Å²) in [5, 5.41) is 8.89. The first-order chi connectivity index (χ1) is 6.87. The fourth-order valence-corrected chi connectivity index (χ4v) is 1.61. The number of hydroxylamine groups is 1. The maximum Gasteiger partial charge on any atom is 0.311 e. The van der Waals surface area contributed by atoms with Crippen molar-refractivity contribution >= 4 is 5.97 Å². The fraction of sp³-hybridized carbons (Fsp3) is 0.727. The van der Waals surface area contributed by atoms with Crippen LogP contribution in [0.4, 0.5) is 0 Å². The van der Waals surface area contributed by atoms with Crippen molar-refractivity contribution in [3.63, 3.8) is 0 Å². The molecule has 0 aliphatic heterocycles. The van der Waals surface area contributed by atoms with Crippen molar-refractivity contribution in [2.75, 3.05) is 6.61 Å². The second-order valence-corrected chi connectivity index (χ2v) is 4.92. The molecule has 15 heavy (non-hydrogen) atoms. The van der Waals surface area contributed by atoms with E-state index in [1.54, 1.807) is 6.20 Å². The molecule has 0 amide bonds. The maximum atomic E-state index is 10.8. The third kappa shape index (κ3) is 2.72. The van der Waals surface area contributed by atoms with Gasteiger partial charge in [-0.1, -0.05) is 27.7 Å². The third-order valence-corrected chi connectivity index (χ3v) is 2.65. The first-order valence-electron chi connectivity index (χ1n) is 5.18. The van der Waals surface area contributed by atoms with Crippen LogP contribution in [0.5, 0.6) is 0 Å². The fourth-order valence-electron chi connectivity index (χ4n) is 1.61. The van der Waals surface area contributed by atoms with Gasteiger partial charge in [-0.2, -0.15) is 0 Å². The minimum Gasteiger partial charge on any atom is -0.481 e. The molecule has 0 aromatic heterocycles. The van der Waals surface area contributed by atoms with Crippen LogP contribution in [0.25, 0.3) is 0 Å². The number of rotatable bonds is 5. The van der Waals surface area contributed by atoms with E-state index in [9.17, 15) is 4.79 Å². The summed E-state index contributed by atoms with van der Waals surface area (Å²) in [6.45, 7) is 8.55. The Labute approximate surface area is 90.3 Å². The molecule has 1 unspecified atom stereocenters. The molecule has 1 saturated carbocycles. The van der Waals surface area contributed by atoms with Crippen molar-refractivity contribution in [3.05, 3.63) is 11.8 Å². The van der Waals surface area contributed by atoms with E-state index >= 15 is 0 Å². The second-order valence-electron chi connectivity index (χ2n) is 4.92. The Bertz CT molecular complexity index is 282. The molecule has 2 N–H and O–H groups in total. The van der Waals surface area contributed by atoms with Crippen LogP contribution in [-0.2, 0) is 9.63 Å². The number of carboxylic acids is 1. The van der Waals surface area contributed by atoms with Gasteiger partial charge in [0.1, 0.15) is 0 Å². The highest BCUT2D eigenvalue weighted by Crippen LogP contribution is 2.57. The summed E-state index contributed by atoms with van der Waals surface area (Å²) in [5.41, 5.74) is 3.35. The van der Waals surface area contributed by atoms with Crippen molar-refractivity contribution in [2.24, 2.45) is 17.3 Å². The highest BCUT2D eigenvalue weighted by atomic mass is 16.6. The molecule has 0 saturated heterocycles. The van der Waals surface area contributed by atoms with E-state index < -0.39 is 5.97 Å². The van der Waals surface area contributed by atoms with Gasteiger partial charge in [0.15, 0.2) is 0 Å². The SMILES string of the molecule is CC(C)CONC=C1C(C(=O)O)C1(C)C. The predicted molar refractivity (Wildman–Crippen MR) is 56.9 cm³/mol. The van der Waals surface area contributed by atoms with E-state index in [1.807, 2.05) is 13.8 Å². The molecule has 0 aromatic carbocycles. The van der Waals surface area contributed by atoms with E-state index in [2.05, 4.69) is 19.3 Å². The summed E-state index contributed by atoms with van der Waals surface area (Å²) in [5.74, 6) is -0.678. The van der Waals surface area contributed by atoms with Crippen molar-refractivity contribution in [3.8, 4) is 0 Å². The summed E-state index contributed by atoms with van der Waals surface area (Å²) in [6, 6.07) is 0. The average Bonchev–Trinajstić information content (AvgIpc) is 2.62. The molecule has 1 atom stereocenters. The Balaban J connectivity index is 2.39. The maximum absolute atomic E-state index is 10.8. The van der Waals surface area contributed by atoms with E-state index in [0.717, 1.165) is 5.57 Å². The molecular formula is C11H19NO3. The minimum atomic E-state index is -0.767. The van der Waals surface area contributed by atoms with E-state index in [-0.39, 0.29) is 11.3 Å². The molecule has 4 heteroatoms. The van der Waals surface area contributed by atoms with Crippen LogP contribution in [0.3, 0.4) is 0 Å². The standard InChI is InChI=1S/C11H19NO3/c1-7(2)6-15-12-5-8-9(10(13)14)11(8,3)4/h5,7,9,12H,6H2,1-4H3,(H,13,14). The lowest BCUT2D eigenvalue weighted by Crippen LogP contribution is -2.11. The van der Waals surface area contributed by atoms with Crippen LogP contribution >= 0.6 is 0 Å². The average molecular weight is 213 g/mol. The predicted octanol–water partition coefficient (Wildman–Crippen LogP) is 1.79. The Hall–Kier alpha value is -1.03. The molecule has 0 radical (unpaired) electrons. The zero-order chi connectivity index (χ0) is 11.6. The lowest BCUT2D eigenvalue weighted by molar-refractivity contribution is -0.139. The van der Waals surface area contributed by atoms with Gasteiger partial charge in [0.05, 0.1) is 12.5 Å². The number of carboxylic acid groups (broad SMARTS) is 1. The minimum absolute atomic E-state index is 0.236. The van der Waals surface area contributed by atoms with Gasteiger partial charge >= 0.3 is 5.97 Å². The highest BCUT2D eigenvalue weighted by molar-refractivity contribution is 5.82. The number of nitrogens with one attached hydrogen (secondary N) is 1. The van der Waals surface area contributed by atoms with Gasteiger partial charge in [0.2, 0.25) is 0 Å². The van der Waals surface area contributed by atoms with Crippen molar-refractivity contribution in [1.82, 2.24) is 5.48 Å². The van der Waals surface area contributed by atoms with Gasteiger partial charge in [-0.15, -0.1) is 0 Å². The Morgan fingerprint density at radius 2 is 2.27 bits per heavy atom. The lowest BCUT2D eigenvalue weighted by Gasteiger charge is -2.04. The molecule has 1 rings (SSSR count). The number of aliphatic carboxylic acids is 1. The van der Waals surface area contributed by atoms with Crippen LogP contribution in [0.15, 0.2) is 11.8 Å². The molecule has 0 aromatic rings. The largest absolute Gasteiger partial charge is 0.481 e. The zero-order valence-corrected chi connectivity index (χ0v) is 9.70. The van der Waals surface area contributed by atoms with Crippen LogP contribution in [0, 0.1) is 17.3 Å². The topological polar surface area (TPSA) is 58.6 Å². The molecule has 1 fully saturated rings. The Kier molecular flexibility index (Phi) is 3.39. The Morgan fingerprint density at radius 1 is 1.67 bits per heavy atom. The molecule has 86 valence electrons. The van der Waals surface area contributed by atoms with E-state index in [4.69, 9.17) is 9.94 Å². The van der Waals surface area contributed by atoms with E-state index in [1.165, 1.54) is 0 Å². The summed E-state index contributed by atoms with van der Waals surface area (Å²) in [7, 11) is 0. The van der Waals surface area contributed by atoms with Gasteiger partial charge in [0.25, 0.3) is 0 Å². The number of hydrogen-bond donors (Lipinski definition) is 2. The highest BCUT2D eigenvalue weighted by Gasteiger charge is 2.57. The Morgan fingerprint density at radius 3 is 2.67 bits per heavy atom. The molecule has 4 nitrogen and oxygen atoms in total. The summed E-state index contributed by atoms with van der Waals surface area (Å²) in [6.07, 6.45) is 1.67. The molecular weight excluding hydrogens is 194 g/mol. The number of carbonyl (C=O) groups is 1. The second kappa shape index (κ2) is 4.23. The van der Waals surface area contributed by atoms with Gasteiger partial charge in [-0.05, 0) is 11.5 Å². The van der Waals surface area contributed by atoms with Crippen LogP contribution in [-0.4, -0.2) is 17.7 Å².